The molecule has 0 atom stereocenters. The summed E-state index contributed by atoms with van der Waals surface area (Å²) in [6.45, 7) is 0. The summed E-state index contributed by atoms with van der Waals surface area (Å²) in [4.78, 5) is 9.61. The molecule has 4 aromatic carbocycles. The number of rotatable bonds is 2. The fourth-order valence-electron chi connectivity index (χ4n) is 4.86. The van der Waals surface area contributed by atoms with Crippen molar-refractivity contribution >= 4 is 38.4 Å². The normalized spacial score (nSPS) is 11.6. The van der Waals surface area contributed by atoms with Gasteiger partial charge in [-0.05, 0) is 65.0 Å². The van der Waals surface area contributed by atoms with Gasteiger partial charge in [0.15, 0.2) is 0 Å². The van der Waals surface area contributed by atoms with Gasteiger partial charge in [-0.25, -0.2) is 4.98 Å². The first-order valence-corrected chi connectivity index (χ1v) is 11.1. The molecule has 3 aromatic heterocycles. The van der Waals surface area contributed by atoms with Gasteiger partial charge in [-0.2, -0.15) is 0 Å². The van der Waals surface area contributed by atoms with Crippen LogP contribution >= 0.6 is 0 Å². The SMILES string of the molecule is c1ccc(-c2ccc3c(c2)c2cc(-c4ccccn4)ccc2n2c4ccccc4nc32)cc1. The highest BCUT2D eigenvalue weighted by Gasteiger charge is 2.15. The Bertz CT molecular complexity index is 1800. The fraction of sp³-hybridized carbons (Fsp3) is 0. The largest absolute Gasteiger partial charge is 0.292 e. The van der Waals surface area contributed by atoms with Crippen LogP contribution in [-0.4, -0.2) is 14.4 Å². The van der Waals surface area contributed by atoms with E-state index in [1.165, 1.54) is 21.9 Å². The highest BCUT2D eigenvalue weighted by molar-refractivity contribution is 6.15. The number of pyridine rings is 2. The molecule has 0 spiro atoms. The zero-order valence-electron chi connectivity index (χ0n) is 17.8. The second kappa shape index (κ2) is 7.01. The summed E-state index contributed by atoms with van der Waals surface area (Å²) >= 11 is 0. The molecule has 0 aliphatic heterocycles. The van der Waals surface area contributed by atoms with Crippen LogP contribution in [0.4, 0.5) is 0 Å². The van der Waals surface area contributed by atoms with Gasteiger partial charge in [0.2, 0.25) is 0 Å². The topological polar surface area (TPSA) is 30.2 Å². The van der Waals surface area contributed by atoms with Crippen molar-refractivity contribution in [3.63, 3.8) is 0 Å². The van der Waals surface area contributed by atoms with Gasteiger partial charge in [-0.15, -0.1) is 0 Å². The summed E-state index contributed by atoms with van der Waals surface area (Å²) in [7, 11) is 0. The van der Waals surface area contributed by atoms with Crippen LogP contribution < -0.4 is 0 Å². The van der Waals surface area contributed by atoms with E-state index in [2.05, 4.69) is 100 Å². The van der Waals surface area contributed by atoms with Crippen LogP contribution in [0.2, 0.25) is 0 Å². The number of fused-ring (bicyclic) bond motifs is 8. The number of para-hydroxylation sites is 2. The average Bonchev–Trinajstić information content (AvgIpc) is 3.29. The number of hydrogen-bond acceptors (Lipinski definition) is 2. The maximum absolute atomic E-state index is 5.03. The van der Waals surface area contributed by atoms with Crippen molar-refractivity contribution in [2.45, 2.75) is 0 Å². The standard InChI is InChI=1S/C30H19N3/c1-2-8-20(9-3-1)21-13-15-23-24(18-21)25-19-22(26-10-6-7-17-31-26)14-16-28(25)33-29-12-5-4-11-27(29)32-30(23)33/h1-19H. The monoisotopic (exact) mass is 421 g/mol. The molecule has 0 saturated heterocycles. The van der Waals surface area contributed by atoms with Gasteiger partial charge in [0.1, 0.15) is 5.65 Å². The van der Waals surface area contributed by atoms with Crippen LogP contribution in [0.3, 0.4) is 0 Å². The Morgan fingerprint density at radius 2 is 1.30 bits per heavy atom. The molecule has 154 valence electrons. The van der Waals surface area contributed by atoms with Crippen LogP contribution in [0.25, 0.3) is 60.7 Å². The zero-order valence-corrected chi connectivity index (χ0v) is 17.8. The molecule has 0 bridgehead atoms. The van der Waals surface area contributed by atoms with Crippen molar-refractivity contribution in [3.05, 3.63) is 115 Å². The van der Waals surface area contributed by atoms with Crippen LogP contribution in [0.1, 0.15) is 0 Å². The van der Waals surface area contributed by atoms with Crippen LogP contribution in [-0.2, 0) is 0 Å². The Morgan fingerprint density at radius 3 is 2.18 bits per heavy atom. The smallest absolute Gasteiger partial charge is 0.146 e. The molecule has 0 aliphatic rings. The first kappa shape index (κ1) is 18.1. The molecule has 0 saturated carbocycles. The predicted octanol–water partition coefficient (Wildman–Crippen LogP) is 7.52. The lowest BCUT2D eigenvalue weighted by atomic mass is 9.97. The van der Waals surface area contributed by atoms with Gasteiger partial charge in [0.05, 0.1) is 22.2 Å². The number of imidazole rings is 1. The molecule has 3 heterocycles. The number of hydrogen-bond donors (Lipinski definition) is 0. The van der Waals surface area contributed by atoms with E-state index in [1.54, 1.807) is 0 Å². The number of nitrogens with zero attached hydrogens (tertiary/aromatic N) is 3. The van der Waals surface area contributed by atoms with E-state index in [-0.39, 0.29) is 0 Å². The molecular formula is C30H19N3. The Kier molecular flexibility index (Phi) is 3.84. The van der Waals surface area contributed by atoms with Crippen molar-refractivity contribution in [2.24, 2.45) is 0 Å². The van der Waals surface area contributed by atoms with E-state index in [1.807, 2.05) is 24.4 Å². The van der Waals surface area contributed by atoms with E-state index in [0.29, 0.717) is 0 Å². The third-order valence-corrected chi connectivity index (χ3v) is 6.42. The molecule has 3 nitrogen and oxygen atoms in total. The first-order chi connectivity index (χ1) is 16.4. The average molecular weight is 422 g/mol. The third kappa shape index (κ3) is 2.76. The quantitative estimate of drug-likeness (QED) is 0.270. The highest BCUT2D eigenvalue weighted by atomic mass is 15.0. The van der Waals surface area contributed by atoms with Crippen molar-refractivity contribution in [3.8, 4) is 22.4 Å². The van der Waals surface area contributed by atoms with Gasteiger partial charge in [0.25, 0.3) is 0 Å². The van der Waals surface area contributed by atoms with E-state index in [0.717, 1.165) is 38.8 Å². The Labute approximate surface area is 190 Å². The maximum Gasteiger partial charge on any atom is 0.146 e. The molecule has 3 heteroatoms. The van der Waals surface area contributed by atoms with Gasteiger partial charge >= 0.3 is 0 Å². The predicted molar refractivity (Wildman–Crippen MR) is 136 cm³/mol. The summed E-state index contributed by atoms with van der Waals surface area (Å²) in [5.41, 5.74) is 8.76. The molecule has 0 aliphatic carbocycles. The van der Waals surface area contributed by atoms with Gasteiger partial charge in [0, 0.05) is 22.5 Å². The van der Waals surface area contributed by atoms with Crippen molar-refractivity contribution < 1.29 is 0 Å². The van der Waals surface area contributed by atoms with E-state index < -0.39 is 0 Å². The minimum absolute atomic E-state index is 0.974. The second-order valence-corrected chi connectivity index (χ2v) is 8.33. The number of aromatic nitrogens is 3. The first-order valence-electron chi connectivity index (χ1n) is 11.1. The fourth-order valence-corrected chi connectivity index (χ4v) is 4.86. The zero-order chi connectivity index (χ0) is 21.8. The van der Waals surface area contributed by atoms with Crippen molar-refractivity contribution in [1.82, 2.24) is 14.4 Å². The summed E-state index contributed by atoms with van der Waals surface area (Å²) in [6.07, 6.45) is 1.84. The molecule has 0 N–H and O–H groups in total. The van der Waals surface area contributed by atoms with E-state index >= 15 is 0 Å². The minimum atomic E-state index is 0.974. The maximum atomic E-state index is 5.03. The Morgan fingerprint density at radius 1 is 0.515 bits per heavy atom. The molecule has 0 amide bonds. The summed E-state index contributed by atoms with van der Waals surface area (Å²) in [5.74, 6) is 0. The molecule has 33 heavy (non-hydrogen) atoms. The highest BCUT2D eigenvalue weighted by Crippen LogP contribution is 2.36. The molecule has 0 radical (unpaired) electrons. The van der Waals surface area contributed by atoms with Crippen LogP contribution in [0.15, 0.2) is 115 Å². The van der Waals surface area contributed by atoms with E-state index in [9.17, 15) is 0 Å². The Balaban J connectivity index is 1.65. The van der Waals surface area contributed by atoms with E-state index in [4.69, 9.17) is 4.98 Å². The number of benzene rings is 4. The molecular weight excluding hydrogens is 402 g/mol. The van der Waals surface area contributed by atoms with Crippen LogP contribution in [0, 0.1) is 0 Å². The summed E-state index contributed by atoms with van der Waals surface area (Å²) < 4.78 is 2.29. The summed E-state index contributed by atoms with van der Waals surface area (Å²) in [6, 6.07) is 38.3. The molecule has 0 unspecified atom stereocenters. The summed E-state index contributed by atoms with van der Waals surface area (Å²) in [5, 5.41) is 3.55. The van der Waals surface area contributed by atoms with Crippen molar-refractivity contribution in [1.29, 1.82) is 0 Å². The van der Waals surface area contributed by atoms with Gasteiger partial charge < -0.3 is 0 Å². The van der Waals surface area contributed by atoms with Gasteiger partial charge in [-0.1, -0.05) is 60.7 Å². The lowest BCUT2D eigenvalue weighted by Gasteiger charge is -2.12. The van der Waals surface area contributed by atoms with Gasteiger partial charge in [-0.3, -0.25) is 9.38 Å². The third-order valence-electron chi connectivity index (χ3n) is 6.42. The van der Waals surface area contributed by atoms with Crippen LogP contribution in [0.5, 0.6) is 0 Å². The Hall–Kier alpha value is -4.50. The second-order valence-electron chi connectivity index (χ2n) is 8.33. The molecule has 7 rings (SSSR count). The minimum Gasteiger partial charge on any atom is -0.292 e. The molecule has 0 fully saturated rings. The van der Waals surface area contributed by atoms with Crippen molar-refractivity contribution in [2.75, 3.05) is 0 Å². The molecule has 7 aromatic rings. The lowest BCUT2D eigenvalue weighted by molar-refractivity contribution is 1.31. The lowest BCUT2D eigenvalue weighted by Crippen LogP contribution is -1.93.